The Kier molecular flexibility index (Phi) is 8.06. The Balaban J connectivity index is 3.41. The van der Waals surface area contributed by atoms with Gasteiger partial charge in [0.15, 0.2) is 0 Å². The smallest absolute Gasteiger partial charge is 0.362 e. The van der Waals surface area contributed by atoms with Crippen LogP contribution < -0.4 is 16.1 Å². The van der Waals surface area contributed by atoms with Crippen LogP contribution in [0.25, 0.3) is 0 Å². The molecule has 4 N–H and O–H groups in total. The van der Waals surface area contributed by atoms with E-state index in [1.807, 2.05) is 13.8 Å². The topological polar surface area (TPSA) is 108 Å². The van der Waals surface area contributed by atoms with E-state index in [2.05, 4.69) is 4.90 Å². The van der Waals surface area contributed by atoms with E-state index in [0.717, 1.165) is 13.1 Å². The fraction of sp³-hybridized carbons (Fsp3) is 0.600. The first-order valence-corrected chi connectivity index (χ1v) is 8.16. The van der Waals surface area contributed by atoms with E-state index in [9.17, 15) is 28.5 Å². The number of benzene rings is 1. The van der Waals surface area contributed by atoms with Crippen molar-refractivity contribution < 1.29 is 23.3 Å². The lowest BCUT2D eigenvalue weighted by Crippen LogP contribution is -2.38. The molecule has 11 heteroatoms. The van der Waals surface area contributed by atoms with Gasteiger partial charge in [-0.3, -0.25) is 20.8 Å². The molecule has 0 spiro atoms. The standard InChI is InChI=1S/C15H24F3N5O3/c1-3-21(4-2)7-8-22(6-5-19)14-12(20-24)9-11(15(16,17)18)10-13(14)23(25)26/h9-10,20,24H,3-8,19H2,1-2H3. The zero-order valence-electron chi connectivity index (χ0n) is 14.7. The Morgan fingerprint density at radius 3 is 2.27 bits per heavy atom. The average Bonchev–Trinajstić information content (AvgIpc) is 2.59. The van der Waals surface area contributed by atoms with Crippen LogP contribution in [0.2, 0.25) is 0 Å². The van der Waals surface area contributed by atoms with Gasteiger partial charge in [0, 0.05) is 32.2 Å². The summed E-state index contributed by atoms with van der Waals surface area (Å²) in [6.45, 7) is 6.59. The van der Waals surface area contributed by atoms with Crippen LogP contribution in [0, 0.1) is 10.1 Å². The minimum Gasteiger partial charge on any atom is -0.362 e. The number of hydrogen-bond acceptors (Lipinski definition) is 7. The molecule has 8 nitrogen and oxygen atoms in total. The molecule has 0 aromatic heterocycles. The highest BCUT2D eigenvalue weighted by molar-refractivity contribution is 5.80. The van der Waals surface area contributed by atoms with Crippen LogP contribution in [0.3, 0.4) is 0 Å². The molecule has 0 bridgehead atoms. The van der Waals surface area contributed by atoms with Crippen molar-refractivity contribution in [2.75, 3.05) is 49.6 Å². The van der Waals surface area contributed by atoms with Crippen molar-refractivity contribution in [1.82, 2.24) is 4.90 Å². The number of likely N-dealkylation sites (N-methyl/N-ethyl adjacent to an activating group) is 1. The van der Waals surface area contributed by atoms with Crippen molar-refractivity contribution in [2.24, 2.45) is 5.73 Å². The number of halogens is 3. The maximum absolute atomic E-state index is 13.0. The second-order valence-corrected chi connectivity index (χ2v) is 5.56. The van der Waals surface area contributed by atoms with Gasteiger partial charge in [-0.1, -0.05) is 13.8 Å². The van der Waals surface area contributed by atoms with Crippen LogP contribution in [-0.4, -0.2) is 54.3 Å². The first-order valence-electron chi connectivity index (χ1n) is 8.16. The number of nitrogens with two attached hydrogens (primary N) is 1. The first-order chi connectivity index (χ1) is 12.2. The zero-order chi connectivity index (χ0) is 19.9. The van der Waals surface area contributed by atoms with Crippen molar-refractivity contribution in [3.05, 3.63) is 27.8 Å². The summed E-state index contributed by atoms with van der Waals surface area (Å²) in [4.78, 5) is 14.1. The van der Waals surface area contributed by atoms with Gasteiger partial charge in [0.2, 0.25) is 0 Å². The van der Waals surface area contributed by atoms with Crippen LogP contribution in [0.1, 0.15) is 19.4 Å². The number of nitro benzene ring substituents is 1. The fourth-order valence-corrected chi connectivity index (χ4v) is 2.63. The summed E-state index contributed by atoms with van der Waals surface area (Å²) in [5.41, 5.74) is 4.75. The van der Waals surface area contributed by atoms with Crippen LogP contribution in [-0.2, 0) is 6.18 Å². The molecule has 0 aliphatic heterocycles. The number of nitro groups is 1. The molecule has 0 aliphatic carbocycles. The third kappa shape index (κ3) is 5.44. The minimum atomic E-state index is -4.78. The van der Waals surface area contributed by atoms with Crippen molar-refractivity contribution in [3.8, 4) is 0 Å². The van der Waals surface area contributed by atoms with E-state index < -0.39 is 22.4 Å². The van der Waals surface area contributed by atoms with Gasteiger partial charge in [-0.15, -0.1) is 0 Å². The second kappa shape index (κ2) is 9.55. The number of alkyl halides is 3. The van der Waals surface area contributed by atoms with Crippen LogP contribution >= 0.6 is 0 Å². The number of anilines is 2. The molecule has 1 rings (SSSR count). The van der Waals surface area contributed by atoms with E-state index in [1.54, 1.807) is 5.48 Å². The quantitative estimate of drug-likeness (QED) is 0.423. The zero-order valence-corrected chi connectivity index (χ0v) is 14.7. The van der Waals surface area contributed by atoms with Crippen LogP contribution in [0.4, 0.5) is 30.2 Å². The molecule has 148 valence electrons. The van der Waals surface area contributed by atoms with Crippen molar-refractivity contribution in [1.29, 1.82) is 0 Å². The monoisotopic (exact) mass is 379 g/mol. The summed E-state index contributed by atoms with van der Waals surface area (Å²) >= 11 is 0. The molecular formula is C15H24F3N5O3. The molecule has 26 heavy (non-hydrogen) atoms. The normalized spacial score (nSPS) is 11.7. The molecule has 0 amide bonds. The Labute approximate surface area is 149 Å². The summed E-state index contributed by atoms with van der Waals surface area (Å²) in [5.74, 6) is 0. The van der Waals surface area contributed by atoms with E-state index in [1.165, 1.54) is 4.90 Å². The third-order valence-electron chi connectivity index (χ3n) is 4.03. The molecule has 0 atom stereocenters. The van der Waals surface area contributed by atoms with Gasteiger partial charge in [0.25, 0.3) is 5.69 Å². The summed E-state index contributed by atoms with van der Waals surface area (Å²) in [5, 5.41) is 20.7. The Morgan fingerprint density at radius 2 is 1.85 bits per heavy atom. The molecule has 0 radical (unpaired) electrons. The Hall–Kier alpha value is -2.11. The van der Waals surface area contributed by atoms with E-state index in [0.29, 0.717) is 25.2 Å². The first kappa shape index (κ1) is 21.9. The van der Waals surface area contributed by atoms with E-state index in [-0.39, 0.29) is 24.5 Å². The molecule has 0 fully saturated rings. The maximum Gasteiger partial charge on any atom is 0.416 e. The molecule has 0 unspecified atom stereocenters. The van der Waals surface area contributed by atoms with E-state index in [4.69, 9.17) is 5.73 Å². The molecule has 0 saturated heterocycles. The van der Waals surface area contributed by atoms with Crippen molar-refractivity contribution in [2.45, 2.75) is 20.0 Å². The van der Waals surface area contributed by atoms with Crippen LogP contribution in [0.5, 0.6) is 0 Å². The highest BCUT2D eigenvalue weighted by atomic mass is 19.4. The minimum absolute atomic E-state index is 0.122. The molecule has 0 aliphatic rings. The van der Waals surface area contributed by atoms with Gasteiger partial charge in [-0.05, 0) is 19.2 Å². The summed E-state index contributed by atoms with van der Waals surface area (Å²) < 4.78 is 39.0. The fourth-order valence-electron chi connectivity index (χ4n) is 2.63. The SMILES string of the molecule is CCN(CC)CCN(CCN)c1c(NO)cc(C(F)(F)F)cc1[N+](=O)[O-]. The summed E-state index contributed by atoms with van der Waals surface area (Å²) in [6.07, 6.45) is -4.78. The van der Waals surface area contributed by atoms with Gasteiger partial charge in [0.1, 0.15) is 5.69 Å². The third-order valence-corrected chi connectivity index (χ3v) is 4.03. The maximum atomic E-state index is 13.0. The van der Waals surface area contributed by atoms with Gasteiger partial charge in [-0.25, -0.2) is 0 Å². The predicted octanol–water partition coefficient (Wildman–Crippen LogP) is 2.52. The van der Waals surface area contributed by atoms with Crippen molar-refractivity contribution >= 4 is 17.1 Å². The van der Waals surface area contributed by atoms with E-state index >= 15 is 0 Å². The Bertz CT molecular complexity index is 609. The van der Waals surface area contributed by atoms with Gasteiger partial charge < -0.3 is 15.5 Å². The lowest BCUT2D eigenvalue weighted by Gasteiger charge is -2.29. The number of nitrogens with zero attached hydrogens (tertiary/aromatic N) is 3. The molecular weight excluding hydrogens is 355 g/mol. The largest absolute Gasteiger partial charge is 0.416 e. The van der Waals surface area contributed by atoms with Crippen molar-refractivity contribution in [3.63, 3.8) is 0 Å². The highest BCUT2D eigenvalue weighted by Crippen LogP contribution is 2.41. The predicted molar refractivity (Wildman–Crippen MR) is 92.6 cm³/mol. The average molecular weight is 379 g/mol. The second-order valence-electron chi connectivity index (χ2n) is 5.56. The highest BCUT2D eigenvalue weighted by Gasteiger charge is 2.36. The Morgan fingerprint density at radius 1 is 1.23 bits per heavy atom. The van der Waals surface area contributed by atoms with Gasteiger partial charge in [0.05, 0.1) is 16.2 Å². The molecule has 1 aromatic carbocycles. The van der Waals surface area contributed by atoms with Gasteiger partial charge >= 0.3 is 6.18 Å². The summed E-state index contributed by atoms with van der Waals surface area (Å²) in [7, 11) is 0. The lowest BCUT2D eigenvalue weighted by molar-refractivity contribution is -0.384. The summed E-state index contributed by atoms with van der Waals surface area (Å²) in [6, 6.07) is 1.11. The lowest BCUT2D eigenvalue weighted by atomic mass is 10.1. The molecule has 0 saturated carbocycles. The number of nitrogens with one attached hydrogen (secondary N) is 1. The number of hydrogen-bond donors (Lipinski definition) is 3. The van der Waals surface area contributed by atoms with Gasteiger partial charge in [-0.2, -0.15) is 13.2 Å². The van der Waals surface area contributed by atoms with Crippen LogP contribution in [0.15, 0.2) is 12.1 Å². The molecule has 1 aromatic rings. The number of rotatable bonds is 10. The molecule has 0 heterocycles.